The van der Waals surface area contributed by atoms with E-state index in [1.54, 1.807) is 18.3 Å². The quantitative estimate of drug-likeness (QED) is 0.928. The van der Waals surface area contributed by atoms with Crippen molar-refractivity contribution in [3.8, 4) is 0 Å². The maximum atomic E-state index is 11.9. The van der Waals surface area contributed by atoms with E-state index in [0.29, 0.717) is 0 Å². The molecule has 2 aromatic rings. The van der Waals surface area contributed by atoms with Crippen molar-refractivity contribution in [2.75, 3.05) is 26.2 Å². The van der Waals surface area contributed by atoms with Crippen molar-refractivity contribution < 1.29 is 4.79 Å². The number of carbonyl (C=O) groups is 1. The zero-order valence-electron chi connectivity index (χ0n) is 12.2. The molecule has 112 valence electrons. The van der Waals surface area contributed by atoms with Gasteiger partial charge in [-0.25, -0.2) is 4.98 Å². The second kappa shape index (κ2) is 6.09. The average Bonchev–Trinajstić information content (AvgIpc) is 2.89. The topological polar surface area (TPSA) is 62.5 Å². The molecule has 2 heterocycles. The third kappa shape index (κ3) is 3.23. The molecule has 21 heavy (non-hydrogen) atoms. The number of nitrogens with two attached hydrogens (primary N) is 1. The van der Waals surface area contributed by atoms with Gasteiger partial charge in [-0.3, -0.25) is 9.69 Å². The number of thiazole rings is 1. The van der Waals surface area contributed by atoms with E-state index in [9.17, 15) is 4.79 Å². The first-order chi connectivity index (χ1) is 10.1. The van der Waals surface area contributed by atoms with Gasteiger partial charge in [0, 0.05) is 26.2 Å². The third-order valence-corrected chi connectivity index (χ3v) is 4.79. The third-order valence-electron chi connectivity index (χ3n) is 3.77. The first-order valence-electron chi connectivity index (χ1n) is 7.24. The molecule has 3 rings (SSSR count). The van der Waals surface area contributed by atoms with Crippen molar-refractivity contribution in [2.24, 2.45) is 5.73 Å². The van der Waals surface area contributed by atoms with Gasteiger partial charge < -0.3 is 10.6 Å². The Labute approximate surface area is 128 Å². The molecule has 6 heteroatoms. The van der Waals surface area contributed by atoms with E-state index in [4.69, 9.17) is 5.73 Å². The molecule has 1 aromatic carbocycles. The summed E-state index contributed by atoms with van der Waals surface area (Å²) in [6.07, 6.45) is 0. The number of nitrogens with zero attached hydrogens (tertiary/aromatic N) is 3. The summed E-state index contributed by atoms with van der Waals surface area (Å²) in [5.74, 6) is 0.0506. The molecule has 1 amide bonds. The van der Waals surface area contributed by atoms with Gasteiger partial charge in [0.1, 0.15) is 5.01 Å². The first-order valence-corrected chi connectivity index (χ1v) is 8.06. The Kier molecular flexibility index (Phi) is 4.19. The van der Waals surface area contributed by atoms with E-state index in [2.05, 4.69) is 22.0 Å². The summed E-state index contributed by atoms with van der Waals surface area (Å²) in [4.78, 5) is 20.7. The van der Waals surface area contributed by atoms with Crippen LogP contribution in [-0.2, 0) is 11.3 Å². The zero-order chi connectivity index (χ0) is 14.8. The van der Waals surface area contributed by atoms with Crippen LogP contribution < -0.4 is 5.73 Å². The van der Waals surface area contributed by atoms with Crippen molar-refractivity contribution in [3.63, 3.8) is 0 Å². The molecule has 0 unspecified atom stereocenters. The Hall–Kier alpha value is -1.50. The highest BCUT2D eigenvalue weighted by atomic mass is 32.1. The van der Waals surface area contributed by atoms with Crippen LogP contribution in [0.5, 0.6) is 0 Å². The van der Waals surface area contributed by atoms with E-state index in [0.717, 1.165) is 43.2 Å². The first kappa shape index (κ1) is 14.4. The number of amides is 1. The van der Waals surface area contributed by atoms with Gasteiger partial charge in [-0.1, -0.05) is 12.1 Å². The van der Waals surface area contributed by atoms with Gasteiger partial charge in [0.15, 0.2) is 0 Å². The molecule has 0 aliphatic carbocycles. The minimum Gasteiger partial charge on any atom is -0.339 e. The SMILES string of the molecule is C[C@@H](N)C(=O)N1CCN(Cc2nc3ccccc3s2)CC1. The average molecular weight is 304 g/mol. The number of fused-ring (bicyclic) bond motifs is 1. The zero-order valence-corrected chi connectivity index (χ0v) is 13.0. The second-order valence-corrected chi connectivity index (χ2v) is 6.58. The summed E-state index contributed by atoms with van der Waals surface area (Å²) in [6.45, 7) is 5.88. The molecular formula is C15H20N4OS. The number of rotatable bonds is 3. The van der Waals surface area contributed by atoms with Crippen LogP contribution in [0, 0.1) is 0 Å². The lowest BCUT2D eigenvalue weighted by molar-refractivity contribution is -0.134. The molecule has 1 aliphatic rings. The number of aromatic nitrogens is 1. The Morgan fingerprint density at radius 1 is 1.33 bits per heavy atom. The lowest BCUT2D eigenvalue weighted by atomic mass is 10.2. The molecule has 5 nitrogen and oxygen atoms in total. The van der Waals surface area contributed by atoms with Gasteiger partial charge in [-0.15, -0.1) is 11.3 Å². The minimum atomic E-state index is -0.402. The fraction of sp³-hybridized carbons (Fsp3) is 0.467. The predicted octanol–water partition coefficient (Wildman–Crippen LogP) is 1.29. The van der Waals surface area contributed by atoms with Gasteiger partial charge in [-0.05, 0) is 19.1 Å². The normalized spacial score (nSPS) is 18.1. The summed E-state index contributed by atoms with van der Waals surface area (Å²) < 4.78 is 1.23. The molecule has 1 atom stereocenters. The fourth-order valence-corrected chi connectivity index (χ4v) is 3.60. The Morgan fingerprint density at radius 2 is 2.05 bits per heavy atom. The van der Waals surface area contributed by atoms with Crippen LogP contribution in [-0.4, -0.2) is 52.9 Å². The number of benzene rings is 1. The lowest BCUT2D eigenvalue weighted by Gasteiger charge is -2.35. The van der Waals surface area contributed by atoms with Gasteiger partial charge in [-0.2, -0.15) is 0 Å². The number of para-hydroxylation sites is 1. The Morgan fingerprint density at radius 3 is 2.71 bits per heavy atom. The summed E-state index contributed by atoms with van der Waals surface area (Å²) in [5.41, 5.74) is 6.73. The molecule has 1 aromatic heterocycles. The van der Waals surface area contributed by atoms with Crippen LogP contribution in [0.3, 0.4) is 0 Å². The highest BCUT2D eigenvalue weighted by molar-refractivity contribution is 7.18. The van der Waals surface area contributed by atoms with Crippen LogP contribution in [0.25, 0.3) is 10.2 Å². The summed E-state index contributed by atoms with van der Waals surface area (Å²) in [5, 5.41) is 1.14. The van der Waals surface area contributed by atoms with Crippen molar-refractivity contribution in [1.29, 1.82) is 0 Å². The molecule has 1 aliphatic heterocycles. The van der Waals surface area contributed by atoms with Crippen LogP contribution in [0.4, 0.5) is 0 Å². The van der Waals surface area contributed by atoms with Gasteiger partial charge >= 0.3 is 0 Å². The van der Waals surface area contributed by atoms with Crippen molar-refractivity contribution in [1.82, 2.24) is 14.8 Å². The summed E-state index contributed by atoms with van der Waals surface area (Å²) >= 11 is 1.75. The fourth-order valence-electron chi connectivity index (χ4n) is 2.59. The Bertz CT molecular complexity index is 598. The summed E-state index contributed by atoms with van der Waals surface area (Å²) in [6, 6.07) is 7.82. The molecule has 2 N–H and O–H groups in total. The van der Waals surface area contributed by atoms with E-state index in [1.165, 1.54) is 4.70 Å². The molecule has 1 fully saturated rings. The molecule has 0 saturated carbocycles. The van der Waals surface area contributed by atoms with Gasteiger partial charge in [0.05, 0.1) is 22.8 Å². The monoisotopic (exact) mass is 304 g/mol. The van der Waals surface area contributed by atoms with E-state index < -0.39 is 6.04 Å². The van der Waals surface area contributed by atoms with Crippen LogP contribution in [0.1, 0.15) is 11.9 Å². The van der Waals surface area contributed by atoms with Crippen LogP contribution in [0.2, 0.25) is 0 Å². The standard InChI is InChI=1S/C15H20N4OS/c1-11(16)15(20)19-8-6-18(7-9-19)10-14-17-12-4-2-3-5-13(12)21-14/h2-5,11H,6-10,16H2,1H3/t11-/m1/s1. The van der Waals surface area contributed by atoms with Gasteiger partial charge in [0.2, 0.25) is 5.91 Å². The molecule has 1 saturated heterocycles. The smallest absolute Gasteiger partial charge is 0.239 e. The van der Waals surface area contributed by atoms with Gasteiger partial charge in [0.25, 0.3) is 0 Å². The highest BCUT2D eigenvalue weighted by Crippen LogP contribution is 2.22. The number of carbonyl (C=O) groups excluding carboxylic acids is 1. The lowest BCUT2D eigenvalue weighted by Crippen LogP contribution is -2.52. The van der Waals surface area contributed by atoms with E-state index in [-0.39, 0.29) is 5.91 Å². The molecule has 0 spiro atoms. The minimum absolute atomic E-state index is 0.0506. The maximum absolute atomic E-state index is 11.9. The largest absolute Gasteiger partial charge is 0.339 e. The second-order valence-electron chi connectivity index (χ2n) is 5.47. The number of piperazine rings is 1. The Balaban J connectivity index is 1.59. The maximum Gasteiger partial charge on any atom is 0.239 e. The van der Waals surface area contributed by atoms with Crippen molar-refractivity contribution >= 4 is 27.5 Å². The number of hydrogen-bond donors (Lipinski definition) is 1. The molecule has 0 bridgehead atoms. The molecular weight excluding hydrogens is 284 g/mol. The predicted molar refractivity (Wildman–Crippen MR) is 85.1 cm³/mol. The highest BCUT2D eigenvalue weighted by Gasteiger charge is 2.23. The van der Waals surface area contributed by atoms with Crippen molar-refractivity contribution in [2.45, 2.75) is 19.5 Å². The van der Waals surface area contributed by atoms with Crippen LogP contribution >= 0.6 is 11.3 Å². The van der Waals surface area contributed by atoms with Crippen LogP contribution in [0.15, 0.2) is 24.3 Å². The molecule has 0 radical (unpaired) electrons. The summed E-state index contributed by atoms with van der Waals surface area (Å²) in [7, 11) is 0. The number of hydrogen-bond acceptors (Lipinski definition) is 5. The van der Waals surface area contributed by atoms with E-state index >= 15 is 0 Å². The van der Waals surface area contributed by atoms with Crippen molar-refractivity contribution in [3.05, 3.63) is 29.3 Å². The van der Waals surface area contributed by atoms with E-state index in [1.807, 2.05) is 17.0 Å².